The third kappa shape index (κ3) is 3.58. The fraction of sp³-hybridized carbons (Fsp3) is 0.480. The summed E-state index contributed by atoms with van der Waals surface area (Å²) < 4.78 is 11.4. The van der Waals surface area contributed by atoms with E-state index in [-0.39, 0.29) is 11.6 Å². The van der Waals surface area contributed by atoms with E-state index in [9.17, 15) is 4.79 Å². The molecule has 31 heavy (non-hydrogen) atoms. The van der Waals surface area contributed by atoms with Gasteiger partial charge in [-0.25, -0.2) is 4.79 Å². The zero-order chi connectivity index (χ0) is 21.4. The summed E-state index contributed by atoms with van der Waals surface area (Å²) >= 11 is 0. The fourth-order valence-corrected chi connectivity index (χ4v) is 5.33. The van der Waals surface area contributed by atoms with E-state index in [0.717, 1.165) is 50.8 Å². The Hall–Kier alpha value is -2.57. The van der Waals surface area contributed by atoms with Gasteiger partial charge in [0.1, 0.15) is 18.1 Å². The maximum absolute atomic E-state index is 11.7. The molecular formula is C25H31N3O3. The highest BCUT2D eigenvalue weighted by Gasteiger charge is 2.45. The summed E-state index contributed by atoms with van der Waals surface area (Å²) in [5, 5.41) is 0. The number of rotatable bonds is 4. The van der Waals surface area contributed by atoms with Gasteiger partial charge in [0.25, 0.3) is 0 Å². The minimum Gasteiger partial charge on any atom is -0.457 e. The number of carbonyl (C=O) groups is 1. The van der Waals surface area contributed by atoms with Crippen molar-refractivity contribution in [3.8, 4) is 11.5 Å². The highest BCUT2D eigenvalue weighted by atomic mass is 16.6. The van der Waals surface area contributed by atoms with Gasteiger partial charge in [0, 0.05) is 50.7 Å². The normalized spacial score (nSPS) is 26.6. The van der Waals surface area contributed by atoms with Crippen molar-refractivity contribution in [1.82, 2.24) is 14.7 Å². The Kier molecular flexibility index (Phi) is 5.36. The van der Waals surface area contributed by atoms with E-state index < -0.39 is 0 Å². The van der Waals surface area contributed by atoms with Gasteiger partial charge in [-0.1, -0.05) is 43.3 Å². The molecule has 0 spiro atoms. The topological polar surface area (TPSA) is 45.2 Å². The summed E-state index contributed by atoms with van der Waals surface area (Å²) in [6.45, 7) is 11.5. The molecule has 0 aliphatic carbocycles. The lowest BCUT2D eigenvalue weighted by Crippen LogP contribution is -2.56. The molecule has 5 rings (SSSR count). The van der Waals surface area contributed by atoms with E-state index in [0.29, 0.717) is 19.1 Å². The number of ether oxygens (including phenoxy) is 2. The van der Waals surface area contributed by atoms with Gasteiger partial charge in [0.05, 0.1) is 12.1 Å². The zero-order valence-electron chi connectivity index (χ0n) is 18.4. The van der Waals surface area contributed by atoms with Gasteiger partial charge in [0.2, 0.25) is 0 Å². The summed E-state index contributed by atoms with van der Waals surface area (Å²) in [5.74, 6) is 2.21. The molecule has 6 nitrogen and oxygen atoms in total. The molecule has 2 fully saturated rings. The third-order valence-corrected chi connectivity index (χ3v) is 7.44. The molecule has 3 aliphatic heterocycles. The summed E-state index contributed by atoms with van der Waals surface area (Å²) in [5.41, 5.74) is 2.36. The maximum Gasteiger partial charge on any atom is 0.409 e. The van der Waals surface area contributed by atoms with E-state index >= 15 is 0 Å². The van der Waals surface area contributed by atoms with Crippen molar-refractivity contribution in [2.24, 2.45) is 0 Å². The van der Waals surface area contributed by atoms with Crippen molar-refractivity contribution < 1.29 is 14.3 Å². The SMILES string of the molecule is CC1c2ccccc2Oc2ccccc2C1(C)N1CCN(CCN2CCOC2=O)CC1. The Morgan fingerprint density at radius 1 is 0.935 bits per heavy atom. The van der Waals surface area contributed by atoms with Crippen LogP contribution in [-0.4, -0.2) is 73.2 Å². The summed E-state index contributed by atoms with van der Waals surface area (Å²) in [7, 11) is 0. The second kappa shape index (κ2) is 8.17. The van der Waals surface area contributed by atoms with Crippen LogP contribution in [0.15, 0.2) is 48.5 Å². The van der Waals surface area contributed by atoms with Crippen LogP contribution in [0.2, 0.25) is 0 Å². The molecule has 6 heteroatoms. The molecule has 3 aliphatic rings. The minimum atomic E-state index is -0.173. The molecule has 164 valence electrons. The number of cyclic esters (lactones) is 1. The zero-order valence-corrected chi connectivity index (χ0v) is 18.4. The number of para-hydroxylation sites is 2. The molecule has 2 aromatic rings. The number of hydrogen-bond donors (Lipinski definition) is 0. The van der Waals surface area contributed by atoms with Crippen LogP contribution in [0.5, 0.6) is 11.5 Å². The Morgan fingerprint density at radius 3 is 2.39 bits per heavy atom. The van der Waals surface area contributed by atoms with E-state index in [1.54, 1.807) is 0 Å². The Balaban J connectivity index is 1.36. The van der Waals surface area contributed by atoms with Gasteiger partial charge in [-0.05, 0) is 24.6 Å². The van der Waals surface area contributed by atoms with Crippen LogP contribution in [0.4, 0.5) is 4.79 Å². The van der Waals surface area contributed by atoms with Crippen LogP contribution in [0.1, 0.15) is 30.9 Å². The van der Waals surface area contributed by atoms with E-state index in [2.05, 4.69) is 66.1 Å². The van der Waals surface area contributed by atoms with Gasteiger partial charge >= 0.3 is 6.09 Å². The average molecular weight is 422 g/mol. The second-order valence-electron chi connectivity index (χ2n) is 8.94. The lowest BCUT2D eigenvalue weighted by Gasteiger charge is -2.49. The third-order valence-electron chi connectivity index (χ3n) is 7.44. The Morgan fingerprint density at radius 2 is 1.65 bits per heavy atom. The fourth-order valence-electron chi connectivity index (χ4n) is 5.33. The predicted molar refractivity (Wildman–Crippen MR) is 120 cm³/mol. The van der Waals surface area contributed by atoms with Crippen molar-refractivity contribution in [3.63, 3.8) is 0 Å². The Labute approximate surface area is 184 Å². The van der Waals surface area contributed by atoms with Crippen LogP contribution < -0.4 is 4.74 Å². The van der Waals surface area contributed by atoms with Crippen molar-refractivity contribution >= 4 is 6.09 Å². The summed E-state index contributed by atoms with van der Waals surface area (Å²) in [4.78, 5) is 18.6. The van der Waals surface area contributed by atoms with E-state index in [4.69, 9.17) is 9.47 Å². The standard InChI is InChI=1S/C25H31N3O3/c1-19-20-7-3-5-9-22(20)31-23-10-6-4-8-21(23)25(19,2)28-15-12-26(13-16-28)11-14-27-17-18-30-24(27)29/h3-10,19H,11-18H2,1-2H3. The molecule has 2 unspecified atom stereocenters. The molecule has 1 amide bonds. The number of hydrogen-bond acceptors (Lipinski definition) is 5. The molecule has 2 atom stereocenters. The maximum atomic E-state index is 11.7. The van der Waals surface area contributed by atoms with Gasteiger partial charge in [0.15, 0.2) is 0 Å². The molecule has 0 N–H and O–H groups in total. The van der Waals surface area contributed by atoms with Gasteiger partial charge < -0.3 is 14.4 Å². The highest BCUT2D eigenvalue weighted by Crippen LogP contribution is 2.51. The number of piperazine rings is 1. The van der Waals surface area contributed by atoms with Crippen LogP contribution in [0, 0.1) is 0 Å². The second-order valence-corrected chi connectivity index (χ2v) is 8.94. The number of carbonyl (C=O) groups excluding carboxylic acids is 1. The monoisotopic (exact) mass is 421 g/mol. The van der Waals surface area contributed by atoms with E-state index in [1.165, 1.54) is 11.1 Å². The molecule has 0 aromatic heterocycles. The van der Waals surface area contributed by atoms with Crippen molar-refractivity contribution in [2.75, 3.05) is 52.4 Å². The van der Waals surface area contributed by atoms with Gasteiger partial charge in [-0.15, -0.1) is 0 Å². The van der Waals surface area contributed by atoms with E-state index in [1.807, 2.05) is 11.0 Å². The molecular weight excluding hydrogens is 390 g/mol. The first-order valence-electron chi connectivity index (χ1n) is 11.3. The number of benzene rings is 2. The van der Waals surface area contributed by atoms with Gasteiger partial charge in [-0.2, -0.15) is 0 Å². The molecule has 2 saturated heterocycles. The highest BCUT2D eigenvalue weighted by molar-refractivity contribution is 5.69. The lowest BCUT2D eigenvalue weighted by molar-refractivity contribution is 0.0241. The first kappa shape index (κ1) is 20.3. The summed E-state index contributed by atoms with van der Waals surface area (Å²) in [6, 6.07) is 16.9. The van der Waals surface area contributed by atoms with Gasteiger partial charge in [-0.3, -0.25) is 9.80 Å². The van der Waals surface area contributed by atoms with Crippen molar-refractivity contribution in [2.45, 2.75) is 25.3 Å². The predicted octanol–water partition coefficient (Wildman–Crippen LogP) is 3.88. The molecule has 0 saturated carbocycles. The van der Waals surface area contributed by atoms with Crippen LogP contribution in [0.25, 0.3) is 0 Å². The summed E-state index contributed by atoms with van der Waals surface area (Å²) in [6.07, 6.45) is -0.173. The lowest BCUT2D eigenvalue weighted by atomic mass is 9.75. The molecule has 0 radical (unpaired) electrons. The number of amides is 1. The molecule has 3 heterocycles. The van der Waals surface area contributed by atoms with Crippen LogP contribution in [-0.2, 0) is 10.3 Å². The number of fused-ring (bicyclic) bond motifs is 2. The van der Waals surface area contributed by atoms with Crippen molar-refractivity contribution in [1.29, 1.82) is 0 Å². The molecule has 0 bridgehead atoms. The largest absolute Gasteiger partial charge is 0.457 e. The van der Waals surface area contributed by atoms with Crippen molar-refractivity contribution in [3.05, 3.63) is 59.7 Å². The smallest absolute Gasteiger partial charge is 0.409 e. The average Bonchev–Trinajstić information content (AvgIpc) is 3.18. The number of nitrogens with zero attached hydrogens (tertiary/aromatic N) is 3. The quantitative estimate of drug-likeness (QED) is 0.750. The molecule has 2 aromatic carbocycles. The van der Waals surface area contributed by atoms with Crippen LogP contribution >= 0.6 is 0 Å². The van der Waals surface area contributed by atoms with Crippen LogP contribution in [0.3, 0.4) is 0 Å². The Bertz CT molecular complexity index is 957. The first-order chi connectivity index (χ1) is 15.1. The minimum absolute atomic E-state index is 0.159. The first-order valence-corrected chi connectivity index (χ1v) is 11.3.